The number of benzene rings is 7. The van der Waals surface area contributed by atoms with Crippen molar-refractivity contribution in [1.29, 1.82) is 0 Å². The summed E-state index contributed by atoms with van der Waals surface area (Å²) in [7, 11) is 0. The molecule has 3 heterocycles. The van der Waals surface area contributed by atoms with Crippen LogP contribution in [-0.4, -0.2) is 14.1 Å². The van der Waals surface area contributed by atoms with Crippen LogP contribution in [0.1, 0.15) is 50.1 Å². The molecule has 7 aromatic carbocycles. The van der Waals surface area contributed by atoms with Crippen LogP contribution >= 0.6 is 0 Å². The Morgan fingerprint density at radius 3 is 2.32 bits per heavy atom. The van der Waals surface area contributed by atoms with Gasteiger partial charge in [-0.1, -0.05) is 134 Å². The number of hydrogen-bond donors (Lipinski definition) is 0. The summed E-state index contributed by atoms with van der Waals surface area (Å²) in [5, 5.41) is 1.95. The van der Waals surface area contributed by atoms with Crippen LogP contribution in [-0.2, 0) is 21.1 Å². The number of pyridine rings is 1. The van der Waals surface area contributed by atoms with E-state index in [1.165, 1.54) is 0 Å². The molecular formula is C53H40N4OPt-2. The average Bonchev–Trinajstić information content (AvgIpc) is 3.88. The van der Waals surface area contributed by atoms with Crippen LogP contribution in [0, 0.1) is 32.3 Å². The van der Waals surface area contributed by atoms with Crippen molar-refractivity contribution >= 4 is 32.8 Å². The summed E-state index contributed by atoms with van der Waals surface area (Å²) in [5.41, 5.74) is 5.89. The van der Waals surface area contributed by atoms with Crippen molar-refractivity contribution in [3.05, 3.63) is 199 Å². The van der Waals surface area contributed by atoms with Crippen molar-refractivity contribution in [3.8, 4) is 50.9 Å². The van der Waals surface area contributed by atoms with E-state index in [0.29, 0.717) is 34.0 Å². The topological polar surface area (TPSA) is 35.9 Å². The molecule has 0 unspecified atom stereocenters. The Labute approximate surface area is 373 Å². The summed E-state index contributed by atoms with van der Waals surface area (Å²) in [6, 6.07) is 35.0. The fourth-order valence-electron chi connectivity index (χ4n) is 7.58. The van der Waals surface area contributed by atoms with Crippen LogP contribution in [0.3, 0.4) is 0 Å². The molecule has 10 rings (SSSR count). The number of aromatic nitrogens is 4. The molecule has 6 heteroatoms. The summed E-state index contributed by atoms with van der Waals surface area (Å²) in [6.07, 6.45) is 5.19. The molecule has 0 amide bonds. The number of rotatable bonds is 8. The number of para-hydroxylation sites is 3. The zero-order chi connectivity index (χ0) is 48.1. The second kappa shape index (κ2) is 15.7. The van der Waals surface area contributed by atoms with E-state index in [-0.39, 0.29) is 78.7 Å². The van der Waals surface area contributed by atoms with Gasteiger partial charge < -0.3 is 13.9 Å². The average molecular weight is 954 g/mol. The van der Waals surface area contributed by atoms with Gasteiger partial charge in [-0.3, -0.25) is 4.57 Å². The van der Waals surface area contributed by atoms with Gasteiger partial charge in [-0.2, -0.15) is 18.2 Å². The Morgan fingerprint density at radius 1 is 0.729 bits per heavy atom. The van der Waals surface area contributed by atoms with Gasteiger partial charge in [0, 0.05) is 45.6 Å². The second-order valence-corrected chi connectivity index (χ2v) is 14.3. The van der Waals surface area contributed by atoms with Crippen molar-refractivity contribution in [3.63, 3.8) is 0 Å². The minimum absolute atomic E-state index is 0. The first-order chi connectivity index (χ1) is 32.5. The van der Waals surface area contributed by atoms with Crippen molar-refractivity contribution in [1.82, 2.24) is 14.1 Å². The summed E-state index contributed by atoms with van der Waals surface area (Å²) in [4.78, 5) is 4.72. The van der Waals surface area contributed by atoms with Crippen molar-refractivity contribution in [2.45, 2.75) is 33.6 Å². The molecule has 0 fully saturated rings. The third kappa shape index (κ3) is 6.86. The van der Waals surface area contributed by atoms with Crippen LogP contribution in [0.15, 0.2) is 164 Å². The molecule has 0 aliphatic carbocycles. The molecule has 0 atom stereocenters. The minimum atomic E-state index is -0.844. The third-order valence-electron chi connectivity index (χ3n) is 10.3. The molecule has 3 aromatic heterocycles. The summed E-state index contributed by atoms with van der Waals surface area (Å²) in [6.45, 7) is 7.14. The Balaban J connectivity index is 0.00000593. The fourth-order valence-corrected chi connectivity index (χ4v) is 7.58. The standard InChI is InChI=1S/C53H40N4O.Pt/c1-35(2)39-28-29-54-51(31-39)57-48-24-9-8-21-46(48)47-27-26-43(33-50(47)57)58-42-20-12-19-41(32-42)55-34-56(52-37(4)15-11-25-49(52)55)53-44(38-16-6-5-7-17-38)22-13-23-45(53)40-18-10-14-36(3)30-40;/h5-31,35H,1-4H3;/q-2;/i5D,6D,7D,10D,14D,16D,17D,18D,30D,35D;. The first-order valence-electron chi connectivity index (χ1n) is 23.8. The molecule has 290 valence electrons. The molecular weight excluding hydrogens is 904 g/mol. The van der Waals surface area contributed by atoms with Crippen molar-refractivity contribution in [2.75, 3.05) is 0 Å². The second-order valence-electron chi connectivity index (χ2n) is 14.3. The van der Waals surface area contributed by atoms with E-state index >= 15 is 0 Å². The number of imidazole rings is 1. The van der Waals surface area contributed by atoms with Crippen LogP contribution in [0.4, 0.5) is 0 Å². The molecule has 59 heavy (non-hydrogen) atoms. The van der Waals surface area contributed by atoms with Crippen molar-refractivity contribution in [2.24, 2.45) is 0 Å². The normalized spacial score (nSPS) is 14.0. The first kappa shape index (κ1) is 28.0. The zero-order valence-corrected chi connectivity index (χ0v) is 34.7. The number of ether oxygens (including phenoxy) is 1. The van der Waals surface area contributed by atoms with Gasteiger partial charge in [-0.15, -0.1) is 29.7 Å². The van der Waals surface area contributed by atoms with E-state index in [4.69, 9.17) is 22.1 Å². The third-order valence-corrected chi connectivity index (χ3v) is 10.3. The Hall–Kier alpha value is -6.55. The van der Waals surface area contributed by atoms with Gasteiger partial charge in [0.1, 0.15) is 5.82 Å². The summed E-state index contributed by atoms with van der Waals surface area (Å²) >= 11 is 0. The number of nitrogens with zero attached hydrogens (tertiary/aromatic N) is 4. The fraction of sp³-hybridized carbons (Fsp3) is 0.0943. The Bertz CT molecular complexity index is 3600. The van der Waals surface area contributed by atoms with Crippen LogP contribution in [0.2, 0.25) is 0 Å². The predicted molar refractivity (Wildman–Crippen MR) is 234 cm³/mol. The minimum Gasteiger partial charge on any atom is -0.510 e. The zero-order valence-electron chi connectivity index (χ0n) is 42.4. The van der Waals surface area contributed by atoms with Gasteiger partial charge in [0.25, 0.3) is 6.33 Å². The largest absolute Gasteiger partial charge is 0.510 e. The van der Waals surface area contributed by atoms with Crippen LogP contribution in [0.25, 0.3) is 72.3 Å². The van der Waals surface area contributed by atoms with Gasteiger partial charge in [0.05, 0.1) is 29.1 Å². The van der Waals surface area contributed by atoms with Gasteiger partial charge in [-0.05, 0) is 82.4 Å². The Kier molecular flexibility index (Phi) is 7.42. The number of hydrogen-bond acceptors (Lipinski definition) is 2. The van der Waals surface area contributed by atoms with Crippen LogP contribution < -0.4 is 9.30 Å². The quantitative estimate of drug-likeness (QED) is 0.112. The Morgan fingerprint density at radius 2 is 1.47 bits per heavy atom. The maximum atomic E-state index is 9.21. The van der Waals surface area contributed by atoms with E-state index in [0.717, 1.165) is 32.9 Å². The molecule has 10 aromatic rings. The summed E-state index contributed by atoms with van der Waals surface area (Å²) < 4.78 is 99.8. The van der Waals surface area contributed by atoms with E-state index in [2.05, 4.69) is 18.5 Å². The molecule has 0 saturated heterocycles. The maximum absolute atomic E-state index is 9.21. The van der Waals surface area contributed by atoms with Gasteiger partial charge in [0.2, 0.25) is 0 Å². The van der Waals surface area contributed by atoms with E-state index in [9.17, 15) is 1.37 Å². The molecule has 5 nitrogen and oxygen atoms in total. The predicted octanol–water partition coefficient (Wildman–Crippen LogP) is 12.7. The molecule has 0 N–H and O–H groups in total. The van der Waals surface area contributed by atoms with E-state index in [1.54, 1.807) is 46.5 Å². The SMILES string of the molecule is [2H]c1c([2H])c([2H])c(-c2cccc(-c3c([2H])c([2H])c([2H])c(C)c3[2H])c2-[n+]2[c-]n(-c3[c-]c(Oc4[c-]c5c(cc4)c4ccccc4n5-c4cc(C([2H])(C)C)ccn4)ccc3)c3cccc(C)c32)c([2H])c1[2H].[Pt]. The monoisotopic (exact) mass is 953 g/mol. The molecule has 0 aliphatic heterocycles. The van der Waals surface area contributed by atoms with Gasteiger partial charge in [0.15, 0.2) is 0 Å². The molecule has 0 radical (unpaired) electrons. The number of fused-ring (bicyclic) bond motifs is 4. The van der Waals surface area contributed by atoms with Crippen LogP contribution in [0.5, 0.6) is 11.5 Å². The van der Waals surface area contributed by atoms with Gasteiger partial charge >= 0.3 is 0 Å². The smallest absolute Gasteiger partial charge is 0.268 e. The van der Waals surface area contributed by atoms with E-state index < -0.39 is 36.1 Å². The van der Waals surface area contributed by atoms with E-state index in [1.807, 2.05) is 104 Å². The molecule has 0 aliphatic rings. The number of aryl methyl sites for hydroxylation is 1. The summed E-state index contributed by atoms with van der Waals surface area (Å²) in [5.74, 6) is 0.574. The molecule has 0 spiro atoms. The molecule has 0 bridgehead atoms. The van der Waals surface area contributed by atoms with Gasteiger partial charge in [-0.25, -0.2) is 4.98 Å². The van der Waals surface area contributed by atoms with Crippen molar-refractivity contribution < 1.29 is 44.1 Å². The molecule has 0 saturated carbocycles. The maximum Gasteiger partial charge on any atom is 0.268 e. The first-order valence-corrected chi connectivity index (χ1v) is 18.8.